The molecule has 0 aromatic rings. The number of aliphatic hydroxyl groups excluding tert-OH is 2. The Labute approximate surface area is 461 Å². The van der Waals surface area contributed by atoms with E-state index in [9.17, 15) is 19.8 Å². The molecule has 0 aliphatic heterocycles. The topological polar surface area (TPSA) is 95.9 Å². The molecular formula is C68H127NO5. The molecular weight excluding hydrogens is 911 g/mol. The fourth-order valence-electron chi connectivity index (χ4n) is 10.00. The maximum absolute atomic E-state index is 12.4. The fourth-order valence-corrected chi connectivity index (χ4v) is 10.00. The van der Waals surface area contributed by atoms with Crippen molar-refractivity contribution in [1.29, 1.82) is 0 Å². The van der Waals surface area contributed by atoms with Gasteiger partial charge in [0.05, 0.1) is 25.4 Å². The number of allylic oxidation sites excluding steroid dienone is 7. The fraction of sp³-hybridized carbons (Fsp3) is 0.853. The molecule has 1 amide bonds. The predicted molar refractivity (Wildman–Crippen MR) is 324 cm³/mol. The highest BCUT2D eigenvalue weighted by molar-refractivity contribution is 5.76. The first-order valence-electron chi connectivity index (χ1n) is 32.9. The number of unbranched alkanes of at least 4 members (excludes halogenated alkanes) is 44. The highest BCUT2D eigenvalue weighted by atomic mass is 16.5. The molecule has 3 N–H and O–H groups in total. The molecule has 0 spiro atoms. The molecule has 0 heterocycles. The van der Waals surface area contributed by atoms with Gasteiger partial charge in [-0.25, -0.2) is 0 Å². The maximum atomic E-state index is 12.4. The Kier molecular flexibility index (Phi) is 61.5. The number of hydrogen-bond donors (Lipinski definition) is 3. The molecule has 6 heteroatoms. The second kappa shape index (κ2) is 63.4. The average Bonchev–Trinajstić information content (AvgIpc) is 3.40. The van der Waals surface area contributed by atoms with Crippen molar-refractivity contribution in [3.63, 3.8) is 0 Å². The van der Waals surface area contributed by atoms with Crippen LogP contribution in [0.4, 0.5) is 0 Å². The van der Waals surface area contributed by atoms with E-state index in [-0.39, 0.29) is 18.5 Å². The van der Waals surface area contributed by atoms with Gasteiger partial charge >= 0.3 is 5.97 Å². The van der Waals surface area contributed by atoms with Crippen LogP contribution in [0.25, 0.3) is 0 Å². The highest BCUT2D eigenvalue weighted by Crippen LogP contribution is 2.17. The van der Waals surface area contributed by atoms with Gasteiger partial charge in [0, 0.05) is 12.8 Å². The van der Waals surface area contributed by atoms with Crippen molar-refractivity contribution in [2.45, 2.75) is 360 Å². The van der Waals surface area contributed by atoms with Crippen molar-refractivity contribution in [3.05, 3.63) is 48.6 Å². The minimum absolute atomic E-state index is 0.00509. The van der Waals surface area contributed by atoms with E-state index < -0.39 is 12.1 Å². The lowest BCUT2D eigenvalue weighted by Crippen LogP contribution is -2.45. The normalized spacial score (nSPS) is 12.9. The zero-order valence-electron chi connectivity index (χ0n) is 49.6. The third-order valence-electron chi connectivity index (χ3n) is 15.1. The number of hydrogen-bond acceptors (Lipinski definition) is 5. The maximum Gasteiger partial charge on any atom is 0.305 e. The van der Waals surface area contributed by atoms with Gasteiger partial charge in [0.1, 0.15) is 0 Å². The first kappa shape index (κ1) is 71.8. The van der Waals surface area contributed by atoms with E-state index >= 15 is 0 Å². The van der Waals surface area contributed by atoms with E-state index in [0.717, 1.165) is 51.4 Å². The second-order valence-corrected chi connectivity index (χ2v) is 22.4. The number of esters is 1. The monoisotopic (exact) mass is 1040 g/mol. The van der Waals surface area contributed by atoms with E-state index in [1.807, 2.05) is 6.08 Å². The van der Waals surface area contributed by atoms with Gasteiger partial charge in [-0.2, -0.15) is 0 Å². The number of rotatable bonds is 61. The van der Waals surface area contributed by atoms with Crippen LogP contribution in [0.2, 0.25) is 0 Å². The Hall–Kier alpha value is -2.18. The number of nitrogens with one attached hydrogen (secondary N) is 1. The number of carbonyl (C=O) groups excluding carboxylic acids is 2. The van der Waals surface area contributed by atoms with Crippen LogP contribution in [-0.2, 0) is 14.3 Å². The van der Waals surface area contributed by atoms with Crippen LogP contribution in [0.3, 0.4) is 0 Å². The minimum Gasteiger partial charge on any atom is -0.466 e. The first-order valence-corrected chi connectivity index (χ1v) is 32.9. The standard InChI is InChI=1S/C68H127NO5/c1-3-5-7-9-11-13-40-44-48-52-56-60-66(71)65(64-70)69-67(72)61-57-53-49-45-42-38-36-34-32-30-28-26-24-22-20-18-16-15-17-19-21-23-25-27-29-31-33-35-37-39-43-47-51-55-59-63-74-68(73)62-58-54-50-46-41-14-12-10-8-6-4-2/h10,12,17,19,23,25,56,60,65-66,70-71H,3-9,11,13-16,18,20-22,24,26-55,57-59,61-64H2,1-2H3,(H,69,72)/b12-10-,19-17-,25-23-,60-56+. The van der Waals surface area contributed by atoms with Crippen molar-refractivity contribution in [2.75, 3.05) is 13.2 Å². The van der Waals surface area contributed by atoms with Crippen molar-refractivity contribution < 1.29 is 24.5 Å². The first-order chi connectivity index (χ1) is 36.5. The summed E-state index contributed by atoms with van der Waals surface area (Å²) in [6.45, 7) is 4.86. The third-order valence-corrected chi connectivity index (χ3v) is 15.1. The van der Waals surface area contributed by atoms with Gasteiger partial charge in [-0.3, -0.25) is 9.59 Å². The second-order valence-electron chi connectivity index (χ2n) is 22.4. The molecule has 0 radical (unpaired) electrons. The molecule has 0 aliphatic carbocycles. The summed E-state index contributed by atoms with van der Waals surface area (Å²) in [5.74, 6) is -0.0612. The summed E-state index contributed by atoms with van der Waals surface area (Å²) < 4.78 is 5.46. The van der Waals surface area contributed by atoms with E-state index in [0.29, 0.717) is 19.4 Å². The van der Waals surface area contributed by atoms with Gasteiger partial charge in [-0.15, -0.1) is 0 Å². The molecule has 0 saturated carbocycles. The van der Waals surface area contributed by atoms with Crippen LogP contribution in [0, 0.1) is 0 Å². The summed E-state index contributed by atoms with van der Waals surface area (Å²) >= 11 is 0. The molecule has 0 aliphatic rings. The zero-order valence-corrected chi connectivity index (χ0v) is 49.6. The van der Waals surface area contributed by atoms with Gasteiger partial charge in [0.2, 0.25) is 5.91 Å². The molecule has 6 nitrogen and oxygen atoms in total. The van der Waals surface area contributed by atoms with Crippen LogP contribution < -0.4 is 5.32 Å². The quantitative estimate of drug-likeness (QED) is 0.0320. The molecule has 0 aromatic carbocycles. The molecule has 2 unspecified atom stereocenters. The summed E-state index contributed by atoms with van der Waals surface area (Å²) in [7, 11) is 0. The Balaban J connectivity index is 3.37. The van der Waals surface area contributed by atoms with Crippen LogP contribution in [0.15, 0.2) is 48.6 Å². The van der Waals surface area contributed by atoms with Crippen LogP contribution in [-0.4, -0.2) is 47.4 Å². The van der Waals surface area contributed by atoms with Crippen LogP contribution in [0.1, 0.15) is 348 Å². The smallest absolute Gasteiger partial charge is 0.305 e. The van der Waals surface area contributed by atoms with E-state index in [1.54, 1.807) is 6.08 Å². The van der Waals surface area contributed by atoms with Gasteiger partial charge in [0.25, 0.3) is 0 Å². The Morgan fingerprint density at radius 1 is 0.378 bits per heavy atom. The van der Waals surface area contributed by atoms with E-state index in [2.05, 4.69) is 55.6 Å². The van der Waals surface area contributed by atoms with Crippen molar-refractivity contribution in [1.82, 2.24) is 5.32 Å². The predicted octanol–water partition coefficient (Wildman–Crippen LogP) is 20.9. The zero-order chi connectivity index (χ0) is 53.6. The largest absolute Gasteiger partial charge is 0.466 e. The molecule has 0 rings (SSSR count). The summed E-state index contributed by atoms with van der Waals surface area (Å²) in [4.78, 5) is 24.4. The molecule has 0 saturated heterocycles. The van der Waals surface area contributed by atoms with E-state index in [4.69, 9.17) is 4.74 Å². The van der Waals surface area contributed by atoms with Crippen molar-refractivity contribution >= 4 is 11.9 Å². The number of carbonyl (C=O) groups is 2. The third kappa shape index (κ3) is 59.1. The minimum atomic E-state index is -0.841. The van der Waals surface area contributed by atoms with Gasteiger partial charge in [0.15, 0.2) is 0 Å². The molecule has 434 valence electrons. The highest BCUT2D eigenvalue weighted by Gasteiger charge is 2.18. The SMILES string of the molecule is CCCC/C=C\CCCCCCCC(=O)OCCCCCCCCCCCCC/C=C\C/C=C\CCCCCCCCCCCCCCCCCCCC(=O)NC(CO)C(O)/C=C/CCCCCCCCCCC. The van der Waals surface area contributed by atoms with E-state index in [1.165, 1.54) is 270 Å². The van der Waals surface area contributed by atoms with Gasteiger partial charge < -0.3 is 20.3 Å². The lowest BCUT2D eigenvalue weighted by atomic mass is 10.0. The van der Waals surface area contributed by atoms with Crippen LogP contribution >= 0.6 is 0 Å². The Bertz CT molecular complexity index is 1240. The lowest BCUT2D eigenvalue weighted by Gasteiger charge is -2.20. The van der Waals surface area contributed by atoms with Crippen LogP contribution in [0.5, 0.6) is 0 Å². The Morgan fingerprint density at radius 2 is 0.689 bits per heavy atom. The number of amides is 1. The summed E-state index contributed by atoms with van der Waals surface area (Å²) in [6, 6.07) is -0.625. The molecule has 0 fully saturated rings. The van der Waals surface area contributed by atoms with Crippen molar-refractivity contribution in [2.24, 2.45) is 0 Å². The van der Waals surface area contributed by atoms with Gasteiger partial charge in [-0.1, -0.05) is 300 Å². The lowest BCUT2D eigenvalue weighted by molar-refractivity contribution is -0.143. The summed E-state index contributed by atoms with van der Waals surface area (Å²) in [6.07, 6.45) is 81.9. The molecule has 74 heavy (non-hydrogen) atoms. The van der Waals surface area contributed by atoms with Crippen molar-refractivity contribution in [3.8, 4) is 0 Å². The summed E-state index contributed by atoms with van der Waals surface area (Å²) in [5, 5.41) is 23.0. The number of aliphatic hydroxyl groups is 2. The molecule has 0 aromatic heterocycles. The molecule has 0 bridgehead atoms. The Morgan fingerprint density at radius 3 is 1.08 bits per heavy atom. The molecule has 2 atom stereocenters. The summed E-state index contributed by atoms with van der Waals surface area (Å²) in [5.41, 5.74) is 0. The number of ether oxygens (including phenoxy) is 1. The van der Waals surface area contributed by atoms with Gasteiger partial charge in [-0.05, 0) is 83.5 Å². The average molecular weight is 1040 g/mol.